The van der Waals surface area contributed by atoms with E-state index in [1.807, 2.05) is 30.4 Å². The predicted molar refractivity (Wildman–Crippen MR) is 104 cm³/mol. The van der Waals surface area contributed by atoms with Gasteiger partial charge in [-0.3, -0.25) is 0 Å². The molecule has 0 aliphatic carbocycles. The van der Waals surface area contributed by atoms with E-state index in [0.29, 0.717) is 28.4 Å². The molecule has 1 N–H and O–H groups in total. The lowest BCUT2D eigenvalue weighted by Gasteiger charge is -2.09. The number of carbonyl (C=O) groups is 1. The lowest BCUT2D eigenvalue weighted by molar-refractivity contribution is 0.0603. The molecule has 6 nitrogen and oxygen atoms in total. The fourth-order valence-corrected chi connectivity index (χ4v) is 2.61. The molecule has 3 aromatic rings. The summed E-state index contributed by atoms with van der Waals surface area (Å²) in [6.07, 6.45) is 8.91. The molecule has 2 aromatic carbocycles. The van der Waals surface area contributed by atoms with Gasteiger partial charge >= 0.3 is 5.97 Å². The number of fused-ring (bicyclic) bond motifs is 1. The van der Waals surface area contributed by atoms with Crippen molar-refractivity contribution in [3.8, 4) is 23.8 Å². The number of ether oxygens (including phenoxy) is 3. The van der Waals surface area contributed by atoms with E-state index in [4.69, 9.17) is 20.6 Å². The van der Waals surface area contributed by atoms with Crippen LogP contribution in [-0.2, 0) is 4.74 Å². The summed E-state index contributed by atoms with van der Waals surface area (Å²) >= 11 is 0. The lowest BCUT2D eigenvalue weighted by atomic mass is 10.2. The second kappa shape index (κ2) is 8.11. The Kier molecular flexibility index (Phi) is 5.43. The Bertz CT molecular complexity index is 1040. The smallest absolute Gasteiger partial charge is 0.340 e. The van der Waals surface area contributed by atoms with Crippen LogP contribution in [-0.4, -0.2) is 36.8 Å². The van der Waals surface area contributed by atoms with E-state index in [9.17, 15) is 4.79 Å². The van der Waals surface area contributed by atoms with Crippen LogP contribution < -0.4 is 9.47 Å². The Morgan fingerprint density at radius 2 is 2.07 bits per heavy atom. The van der Waals surface area contributed by atoms with Gasteiger partial charge in [0.15, 0.2) is 11.5 Å². The van der Waals surface area contributed by atoms with Crippen molar-refractivity contribution in [2.45, 2.75) is 0 Å². The van der Waals surface area contributed by atoms with E-state index in [0.717, 1.165) is 11.1 Å². The predicted octanol–water partition coefficient (Wildman–Crippen LogP) is 3.54. The molecule has 0 amide bonds. The van der Waals surface area contributed by atoms with Crippen molar-refractivity contribution in [2.75, 3.05) is 20.8 Å². The number of hydrogen-bond acceptors (Lipinski definition) is 5. The van der Waals surface area contributed by atoms with Gasteiger partial charge in [-0.1, -0.05) is 24.1 Å². The number of aromatic amines is 1. The van der Waals surface area contributed by atoms with Gasteiger partial charge in [-0.05, 0) is 35.9 Å². The Hall–Kier alpha value is -3.72. The number of imidazole rings is 1. The minimum atomic E-state index is -0.421. The van der Waals surface area contributed by atoms with Gasteiger partial charge in [0.25, 0.3) is 0 Å². The van der Waals surface area contributed by atoms with Crippen molar-refractivity contribution in [2.24, 2.45) is 0 Å². The third-order valence-corrected chi connectivity index (χ3v) is 3.87. The fourth-order valence-electron chi connectivity index (χ4n) is 2.61. The van der Waals surface area contributed by atoms with E-state index in [1.165, 1.54) is 7.11 Å². The molecule has 1 aromatic heterocycles. The standard InChI is InChI=1S/C21H18N2O4/c1-4-12-27-17-10-8-14(13-18(17)25-2)9-11-19-22-16-7-5-6-15(20(16)23-19)21(24)26-3/h1,5-11,13H,12H2,2-3H3,(H,22,23)/b11-9+. The number of aromatic nitrogens is 2. The van der Waals surface area contributed by atoms with Crippen LogP contribution in [0.5, 0.6) is 11.5 Å². The lowest BCUT2D eigenvalue weighted by Crippen LogP contribution is -2.01. The molecule has 0 aliphatic rings. The zero-order valence-electron chi connectivity index (χ0n) is 15.0. The summed E-state index contributed by atoms with van der Waals surface area (Å²) in [7, 11) is 2.91. The van der Waals surface area contributed by atoms with Crippen LogP contribution in [0, 0.1) is 12.3 Å². The van der Waals surface area contributed by atoms with Gasteiger partial charge in [0, 0.05) is 0 Å². The van der Waals surface area contributed by atoms with Crippen molar-refractivity contribution in [1.82, 2.24) is 9.97 Å². The van der Waals surface area contributed by atoms with Crippen LogP contribution in [0.15, 0.2) is 36.4 Å². The van der Waals surface area contributed by atoms with Crippen molar-refractivity contribution < 1.29 is 19.0 Å². The van der Waals surface area contributed by atoms with Gasteiger partial charge in [0.2, 0.25) is 0 Å². The molecule has 0 unspecified atom stereocenters. The van der Waals surface area contributed by atoms with Gasteiger partial charge in [-0.2, -0.15) is 0 Å². The summed E-state index contributed by atoms with van der Waals surface area (Å²) in [5.74, 6) is 3.79. The number of nitrogens with one attached hydrogen (secondary N) is 1. The highest BCUT2D eigenvalue weighted by atomic mass is 16.5. The number of rotatable bonds is 6. The van der Waals surface area contributed by atoms with Crippen LogP contribution in [0.2, 0.25) is 0 Å². The largest absolute Gasteiger partial charge is 0.493 e. The summed E-state index contributed by atoms with van der Waals surface area (Å²) in [6, 6.07) is 10.8. The maximum absolute atomic E-state index is 11.9. The SMILES string of the molecule is C#CCOc1ccc(/C=C/c2nc3c(C(=O)OC)cccc3[nH]2)cc1OC. The summed E-state index contributed by atoms with van der Waals surface area (Å²) in [5.41, 5.74) is 2.64. The van der Waals surface area contributed by atoms with Gasteiger partial charge in [0.1, 0.15) is 17.9 Å². The van der Waals surface area contributed by atoms with E-state index in [-0.39, 0.29) is 6.61 Å². The van der Waals surface area contributed by atoms with E-state index in [2.05, 4.69) is 15.9 Å². The summed E-state index contributed by atoms with van der Waals surface area (Å²) in [4.78, 5) is 19.5. The number of terminal acetylenes is 1. The molecule has 0 saturated carbocycles. The zero-order valence-corrected chi connectivity index (χ0v) is 15.0. The highest BCUT2D eigenvalue weighted by Gasteiger charge is 2.13. The molecular weight excluding hydrogens is 344 g/mol. The first kappa shape index (κ1) is 18.1. The minimum absolute atomic E-state index is 0.174. The Morgan fingerprint density at radius 3 is 2.81 bits per heavy atom. The number of esters is 1. The van der Waals surface area contributed by atoms with Crippen LogP contribution in [0.4, 0.5) is 0 Å². The van der Waals surface area contributed by atoms with Crippen LogP contribution in [0.25, 0.3) is 23.2 Å². The summed E-state index contributed by atoms with van der Waals surface area (Å²) in [5, 5.41) is 0. The molecule has 136 valence electrons. The van der Waals surface area contributed by atoms with Crippen molar-refractivity contribution in [3.63, 3.8) is 0 Å². The van der Waals surface area contributed by atoms with E-state index in [1.54, 1.807) is 25.3 Å². The first-order valence-corrected chi connectivity index (χ1v) is 8.15. The molecule has 0 bridgehead atoms. The topological polar surface area (TPSA) is 73.4 Å². The quantitative estimate of drug-likeness (QED) is 0.536. The number of H-pyrrole nitrogens is 1. The van der Waals surface area contributed by atoms with Gasteiger partial charge in [-0.25, -0.2) is 9.78 Å². The fraction of sp³-hybridized carbons (Fsp3) is 0.143. The Balaban J connectivity index is 1.88. The molecule has 0 saturated heterocycles. The highest BCUT2D eigenvalue weighted by Crippen LogP contribution is 2.28. The van der Waals surface area contributed by atoms with Crippen LogP contribution in [0.1, 0.15) is 21.7 Å². The van der Waals surface area contributed by atoms with Gasteiger partial charge in [-0.15, -0.1) is 6.42 Å². The first-order chi connectivity index (χ1) is 13.2. The van der Waals surface area contributed by atoms with Crippen LogP contribution in [0.3, 0.4) is 0 Å². The number of benzene rings is 2. The van der Waals surface area contributed by atoms with Crippen molar-refractivity contribution in [1.29, 1.82) is 0 Å². The zero-order chi connectivity index (χ0) is 19.2. The number of para-hydroxylation sites is 1. The molecule has 6 heteroatoms. The van der Waals surface area contributed by atoms with E-state index < -0.39 is 5.97 Å². The molecule has 0 aliphatic heterocycles. The van der Waals surface area contributed by atoms with Crippen molar-refractivity contribution in [3.05, 3.63) is 53.3 Å². The molecule has 1 heterocycles. The third-order valence-electron chi connectivity index (χ3n) is 3.87. The average Bonchev–Trinajstić information content (AvgIpc) is 3.13. The van der Waals surface area contributed by atoms with Gasteiger partial charge < -0.3 is 19.2 Å². The molecule has 0 atom stereocenters. The average molecular weight is 362 g/mol. The molecule has 0 spiro atoms. The van der Waals surface area contributed by atoms with E-state index >= 15 is 0 Å². The molecule has 0 fully saturated rings. The molecule has 0 radical (unpaired) electrons. The molecule has 27 heavy (non-hydrogen) atoms. The number of nitrogens with zero attached hydrogens (tertiary/aromatic N) is 1. The maximum Gasteiger partial charge on any atom is 0.340 e. The number of carbonyl (C=O) groups excluding carboxylic acids is 1. The highest BCUT2D eigenvalue weighted by molar-refractivity contribution is 6.02. The second-order valence-electron chi connectivity index (χ2n) is 5.55. The first-order valence-electron chi connectivity index (χ1n) is 8.15. The third kappa shape index (κ3) is 3.93. The Morgan fingerprint density at radius 1 is 1.22 bits per heavy atom. The van der Waals surface area contributed by atoms with Gasteiger partial charge in [0.05, 0.1) is 25.3 Å². The van der Waals surface area contributed by atoms with Crippen molar-refractivity contribution >= 4 is 29.2 Å². The number of hydrogen-bond donors (Lipinski definition) is 1. The Labute approximate surface area is 156 Å². The normalized spacial score (nSPS) is 10.7. The number of methoxy groups -OCH3 is 2. The monoisotopic (exact) mass is 362 g/mol. The molecular formula is C21H18N2O4. The molecule has 3 rings (SSSR count). The van der Waals surface area contributed by atoms with Crippen LogP contribution >= 0.6 is 0 Å². The summed E-state index contributed by atoms with van der Waals surface area (Å²) < 4.78 is 15.6. The summed E-state index contributed by atoms with van der Waals surface area (Å²) in [6.45, 7) is 0.174. The second-order valence-corrected chi connectivity index (χ2v) is 5.55. The minimum Gasteiger partial charge on any atom is -0.493 e. The maximum atomic E-state index is 11.9.